The van der Waals surface area contributed by atoms with E-state index in [9.17, 15) is 9.59 Å². The van der Waals surface area contributed by atoms with Gasteiger partial charge in [-0.2, -0.15) is 0 Å². The third-order valence-corrected chi connectivity index (χ3v) is 5.36. The molecule has 4 rings (SSSR count). The fourth-order valence-corrected chi connectivity index (χ4v) is 3.63. The SMILES string of the molecule is CCc1nnc(-c2ccc(=O)n(CC(=O)N3CCN(c4ccccc4OC)CC3)c2)o1. The van der Waals surface area contributed by atoms with Crippen LogP contribution in [0.3, 0.4) is 0 Å². The van der Waals surface area contributed by atoms with Gasteiger partial charge in [0.05, 0.1) is 18.4 Å². The number of aromatic nitrogens is 3. The fourth-order valence-electron chi connectivity index (χ4n) is 3.63. The van der Waals surface area contributed by atoms with Crippen LogP contribution in [0.1, 0.15) is 12.8 Å². The molecule has 1 aliphatic rings. The first-order valence-electron chi connectivity index (χ1n) is 10.3. The molecule has 1 amide bonds. The molecular formula is C22H25N5O4. The molecule has 9 heteroatoms. The highest BCUT2D eigenvalue weighted by Gasteiger charge is 2.23. The van der Waals surface area contributed by atoms with Crippen molar-refractivity contribution in [2.45, 2.75) is 19.9 Å². The minimum absolute atomic E-state index is 0.0316. The van der Waals surface area contributed by atoms with Crippen LogP contribution >= 0.6 is 0 Å². The number of carbonyl (C=O) groups is 1. The molecule has 3 aromatic rings. The Morgan fingerprint density at radius 1 is 1.10 bits per heavy atom. The summed E-state index contributed by atoms with van der Waals surface area (Å²) in [5.41, 5.74) is 1.38. The number of pyridine rings is 1. The molecule has 0 aliphatic carbocycles. The van der Waals surface area contributed by atoms with Gasteiger partial charge in [0.1, 0.15) is 12.3 Å². The highest BCUT2D eigenvalue weighted by molar-refractivity contribution is 5.76. The number of amides is 1. The summed E-state index contributed by atoms with van der Waals surface area (Å²) in [4.78, 5) is 29.1. The van der Waals surface area contributed by atoms with Gasteiger partial charge in [0.15, 0.2) is 0 Å². The summed E-state index contributed by atoms with van der Waals surface area (Å²) in [5.74, 6) is 1.58. The Kier molecular flexibility index (Phi) is 6.01. The number of benzene rings is 1. The minimum Gasteiger partial charge on any atom is -0.495 e. The van der Waals surface area contributed by atoms with Gasteiger partial charge in [0, 0.05) is 44.9 Å². The smallest absolute Gasteiger partial charge is 0.251 e. The molecule has 0 atom stereocenters. The van der Waals surface area contributed by atoms with E-state index in [1.807, 2.05) is 31.2 Å². The van der Waals surface area contributed by atoms with Gasteiger partial charge in [-0.05, 0) is 18.2 Å². The van der Waals surface area contributed by atoms with Crippen molar-refractivity contribution in [1.29, 1.82) is 0 Å². The van der Waals surface area contributed by atoms with Gasteiger partial charge in [-0.3, -0.25) is 9.59 Å². The van der Waals surface area contributed by atoms with E-state index in [0.717, 1.165) is 11.4 Å². The average molecular weight is 423 g/mol. The molecule has 0 radical (unpaired) electrons. The van der Waals surface area contributed by atoms with Crippen molar-refractivity contribution in [3.63, 3.8) is 0 Å². The lowest BCUT2D eigenvalue weighted by molar-refractivity contribution is -0.132. The van der Waals surface area contributed by atoms with Crippen LogP contribution in [0, 0.1) is 0 Å². The zero-order chi connectivity index (χ0) is 21.8. The van der Waals surface area contributed by atoms with Crippen LogP contribution in [0.15, 0.2) is 51.8 Å². The largest absolute Gasteiger partial charge is 0.495 e. The van der Waals surface area contributed by atoms with E-state index in [2.05, 4.69) is 15.1 Å². The first-order valence-corrected chi connectivity index (χ1v) is 10.3. The van der Waals surface area contributed by atoms with E-state index in [1.54, 1.807) is 24.3 Å². The number of ether oxygens (including phenoxy) is 1. The van der Waals surface area contributed by atoms with Crippen molar-refractivity contribution >= 4 is 11.6 Å². The quantitative estimate of drug-likeness (QED) is 0.597. The second-order valence-corrected chi connectivity index (χ2v) is 7.28. The van der Waals surface area contributed by atoms with E-state index in [-0.39, 0.29) is 18.0 Å². The van der Waals surface area contributed by atoms with Crippen LogP contribution < -0.4 is 15.2 Å². The number of piperazine rings is 1. The van der Waals surface area contributed by atoms with Crippen molar-refractivity contribution in [1.82, 2.24) is 19.7 Å². The molecule has 2 aromatic heterocycles. The van der Waals surface area contributed by atoms with Crippen molar-refractivity contribution in [3.8, 4) is 17.2 Å². The number of aryl methyl sites for hydroxylation is 1. The van der Waals surface area contributed by atoms with Crippen LogP contribution in [-0.4, -0.2) is 58.9 Å². The molecular weight excluding hydrogens is 398 g/mol. The lowest BCUT2D eigenvalue weighted by Gasteiger charge is -2.36. The highest BCUT2D eigenvalue weighted by atomic mass is 16.5. The number of hydrogen-bond acceptors (Lipinski definition) is 7. The predicted octanol–water partition coefficient (Wildman–Crippen LogP) is 1.82. The van der Waals surface area contributed by atoms with Crippen molar-refractivity contribution in [2.75, 3.05) is 38.2 Å². The fraction of sp³-hybridized carbons (Fsp3) is 0.364. The summed E-state index contributed by atoms with van der Waals surface area (Å²) in [5, 5.41) is 7.95. The molecule has 1 fully saturated rings. The number of nitrogens with zero attached hydrogens (tertiary/aromatic N) is 5. The van der Waals surface area contributed by atoms with E-state index >= 15 is 0 Å². The Hall–Kier alpha value is -3.62. The zero-order valence-corrected chi connectivity index (χ0v) is 17.7. The number of hydrogen-bond donors (Lipinski definition) is 0. The first-order chi connectivity index (χ1) is 15.1. The van der Waals surface area contributed by atoms with E-state index in [1.165, 1.54) is 10.6 Å². The summed E-state index contributed by atoms with van der Waals surface area (Å²) in [6, 6.07) is 10.9. The van der Waals surface area contributed by atoms with Crippen molar-refractivity contribution < 1.29 is 13.9 Å². The maximum absolute atomic E-state index is 12.9. The van der Waals surface area contributed by atoms with Crippen LogP contribution in [0.5, 0.6) is 5.75 Å². The summed E-state index contributed by atoms with van der Waals surface area (Å²) < 4.78 is 12.4. The van der Waals surface area contributed by atoms with Gasteiger partial charge >= 0.3 is 0 Å². The number of methoxy groups -OCH3 is 1. The minimum atomic E-state index is -0.250. The second-order valence-electron chi connectivity index (χ2n) is 7.28. The second kappa shape index (κ2) is 9.03. The molecule has 0 saturated carbocycles. The molecule has 0 bridgehead atoms. The molecule has 1 saturated heterocycles. The number of rotatable bonds is 6. The third-order valence-electron chi connectivity index (χ3n) is 5.36. The first kappa shape index (κ1) is 20.6. The molecule has 9 nitrogen and oxygen atoms in total. The summed E-state index contributed by atoms with van der Waals surface area (Å²) in [7, 11) is 1.65. The topological polar surface area (TPSA) is 93.7 Å². The normalized spacial score (nSPS) is 14.0. The number of carbonyl (C=O) groups excluding carboxylic acids is 1. The van der Waals surface area contributed by atoms with Gasteiger partial charge in [0.25, 0.3) is 5.56 Å². The third kappa shape index (κ3) is 4.45. The van der Waals surface area contributed by atoms with E-state index in [4.69, 9.17) is 9.15 Å². The molecule has 1 aliphatic heterocycles. The summed E-state index contributed by atoms with van der Waals surface area (Å²) in [6.07, 6.45) is 2.23. The van der Waals surface area contributed by atoms with Crippen molar-refractivity contribution in [3.05, 3.63) is 58.8 Å². The Labute approximate surface area is 179 Å². The van der Waals surface area contributed by atoms with Crippen LogP contribution in [0.25, 0.3) is 11.5 Å². The molecule has 0 unspecified atom stereocenters. The molecule has 3 heterocycles. The van der Waals surface area contributed by atoms with Gasteiger partial charge in [0.2, 0.25) is 17.7 Å². The molecule has 162 valence electrons. The van der Waals surface area contributed by atoms with Gasteiger partial charge in [-0.25, -0.2) is 0 Å². The lowest BCUT2D eigenvalue weighted by atomic mass is 10.2. The Bertz CT molecular complexity index is 1110. The Balaban J connectivity index is 1.42. The highest BCUT2D eigenvalue weighted by Crippen LogP contribution is 2.28. The predicted molar refractivity (Wildman–Crippen MR) is 115 cm³/mol. The van der Waals surface area contributed by atoms with E-state index in [0.29, 0.717) is 49.9 Å². The van der Waals surface area contributed by atoms with Crippen LogP contribution in [0.2, 0.25) is 0 Å². The molecule has 1 aromatic carbocycles. The molecule has 0 spiro atoms. The Morgan fingerprint density at radius 2 is 1.87 bits per heavy atom. The summed E-state index contributed by atoms with van der Waals surface area (Å²) in [6.45, 7) is 4.44. The standard InChI is InChI=1S/C22H25N5O4/c1-3-19-23-24-22(31-19)16-8-9-20(28)27(14-16)15-21(29)26-12-10-25(11-13-26)17-6-4-5-7-18(17)30-2/h4-9,14H,3,10-13,15H2,1-2H3. The number of para-hydroxylation sites is 2. The number of anilines is 1. The summed E-state index contributed by atoms with van der Waals surface area (Å²) >= 11 is 0. The Morgan fingerprint density at radius 3 is 2.58 bits per heavy atom. The van der Waals surface area contributed by atoms with Crippen molar-refractivity contribution in [2.24, 2.45) is 0 Å². The average Bonchev–Trinajstić information content (AvgIpc) is 3.30. The zero-order valence-electron chi connectivity index (χ0n) is 17.7. The lowest BCUT2D eigenvalue weighted by Crippen LogP contribution is -2.50. The van der Waals surface area contributed by atoms with Gasteiger partial charge in [-0.15, -0.1) is 10.2 Å². The molecule has 0 N–H and O–H groups in total. The van der Waals surface area contributed by atoms with Crippen LogP contribution in [-0.2, 0) is 17.8 Å². The van der Waals surface area contributed by atoms with Gasteiger partial charge in [-0.1, -0.05) is 19.1 Å². The van der Waals surface area contributed by atoms with Crippen LogP contribution in [0.4, 0.5) is 5.69 Å². The van der Waals surface area contributed by atoms with E-state index < -0.39 is 0 Å². The molecule has 31 heavy (non-hydrogen) atoms. The monoisotopic (exact) mass is 423 g/mol. The maximum atomic E-state index is 12.9. The maximum Gasteiger partial charge on any atom is 0.251 e. The van der Waals surface area contributed by atoms with Gasteiger partial charge < -0.3 is 23.5 Å².